The molecule has 2 N–H and O–H groups in total. The number of hydrogen-bond donors (Lipinski definition) is 2. The van der Waals surface area contributed by atoms with Gasteiger partial charge in [-0.15, -0.1) is 0 Å². The molecular formula is C16H13F2N3O. The van der Waals surface area contributed by atoms with Gasteiger partial charge in [0, 0.05) is 23.2 Å². The molecule has 1 aliphatic carbocycles. The molecule has 0 saturated heterocycles. The predicted octanol–water partition coefficient (Wildman–Crippen LogP) is 2.62. The summed E-state index contributed by atoms with van der Waals surface area (Å²) in [5.74, 6) is -1.61. The topological polar surface area (TPSA) is 68.7 Å². The number of hydrogen-bond acceptors (Lipinski definition) is 2. The van der Waals surface area contributed by atoms with Gasteiger partial charge in [0.25, 0.3) is 5.91 Å². The molecule has 1 fully saturated rings. The fourth-order valence-corrected chi connectivity index (χ4v) is 2.72. The Balaban J connectivity index is 1.77. The van der Waals surface area contributed by atoms with E-state index in [4.69, 9.17) is 5.26 Å². The number of aromatic nitrogens is 1. The number of carbonyl (C=O) groups excluding carboxylic acids is 1. The van der Waals surface area contributed by atoms with Crippen LogP contribution in [0.2, 0.25) is 0 Å². The van der Waals surface area contributed by atoms with Gasteiger partial charge in [0.15, 0.2) is 0 Å². The molecule has 1 heterocycles. The van der Waals surface area contributed by atoms with Crippen molar-refractivity contribution in [2.45, 2.75) is 24.8 Å². The Morgan fingerprint density at radius 3 is 2.73 bits per heavy atom. The lowest BCUT2D eigenvalue weighted by molar-refractivity contribution is 0.0943. The summed E-state index contributed by atoms with van der Waals surface area (Å²) in [5, 5.41) is 11.5. The second kappa shape index (κ2) is 4.95. The summed E-state index contributed by atoms with van der Waals surface area (Å²) < 4.78 is 27.7. The van der Waals surface area contributed by atoms with Crippen molar-refractivity contribution < 1.29 is 13.6 Å². The van der Waals surface area contributed by atoms with E-state index in [2.05, 4.69) is 10.3 Å². The predicted molar refractivity (Wildman–Crippen MR) is 75.1 cm³/mol. The highest BCUT2D eigenvalue weighted by Gasteiger charge is 2.55. The van der Waals surface area contributed by atoms with Gasteiger partial charge in [-0.1, -0.05) is 13.0 Å². The van der Waals surface area contributed by atoms with Crippen LogP contribution in [0.25, 0.3) is 0 Å². The van der Waals surface area contributed by atoms with E-state index < -0.39 is 23.0 Å². The lowest BCUT2D eigenvalue weighted by Crippen LogP contribution is -2.31. The van der Waals surface area contributed by atoms with Crippen molar-refractivity contribution >= 4 is 5.91 Å². The zero-order valence-corrected chi connectivity index (χ0v) is 11.8. The number of nitriles is 1. The van der Waals surface area contributed by atoms with Gasteiger partial charge in [-0.2, -0.15) is 5.26 Å². The molecule has 0 radical (unpaired) electrons. The molecule has 0 unspecified atom stereocenters. The molecule has 1 saturated carbocycles. The second-order valence-electron chi connectivity index (χ2n) is 5.66. The fraction of sp³-hybridized carbons (Fsp3) is 0.250. The molecule has 1 amide bonds. The lowest BCUT2D eigenvalue weighted by Gasteiger charge is -2.14. The van der Waals surface area contributed by atoms with E-state index in [1.165, 1.54) is 30.5 Å². The summed E-state index contributed by atoms with van der Waals surface area (Å²) in [4.78, 5) is 14.8. The van der Waals surface area contributed by atoms with E-state index in [0.717, 1.165) is 0 Å². The molecule has 6 heteroatoms. The molecule has 2 atom stereocenters. The maximum Gasteiger partial charge on any atom is 0.267 e. The first-order chi connectivity index (χ1) is 10.5. The highest BCUT2D eigenvalue weighted by molar-refractivity contribution is 5.93. The first-order valence-electron chi connectivity index (χ1n) is 6.79. The maximum absolute atomic E-state index is 13.9. The molecule has 1 aliphatic rings. The first kappa shape index (κ1) is 14.3. The number of nitrogens with zero attached hydrogens (tertiary/aromatic N) is 1. The minimum absolute atomic E-state index is 0.00417. The monoisotopic (exact) mass is 301 g/mol. The number of carbonyl (C=O) groups is 1. The lowest BCUT2D eigenvalue weighted by atomic mass is 9.96. The van der Waals surface area contributed by atoms with E-state index in [1.807, 2.05) is 6.07 Å². The number of aromatic amines is 1. The molecule has 22 heavy (non-hydrogen) atoms. The van der Waals surface area contributed by atoms with Crippen LogP contribution in [-0.2, 0) is 5.41 Å². The molecule has 3 rings (SSSR count). The molecule has 112 valence electrons. The van der Waals surface area contributed by atoms with E-state index in [1.54, 1.807) is 6.92 Å². The Kier molecular flexibility index (Phi) is 3.21. The Labute approximate surface area is 125 Å². The quantitative estimate of drug-likeness (QED) is 0.915. The van der Waals surface area contributed by atoms with Crippen molar-refractivity contribution in [1.82, 2.24) is 10.3 Å². The number of halogens is 2. The highest BCUT2D eigenvalue weighted by atomic mass is 19.1. The summed E-state index contributed by atoms with van der Waals surface area (Å²) in [5.41, 5.74) is -0.149. The molecule has 2 aromatic rings. The van der Waals surface area contributed by atoms with Crippen LogP contribution < -0.4 is 5.32 Å². The van der Waals surface area contributed by atoms with Crippen LogP contribution in [0, 0.1) is 23.0 Å². The average Bonchev–Trinajstić information content (AvgIpc) is 2.91. The molecule has 1 aromatic heterocycles. The summed E-state index contributed by atoms with van der Waals surface area (Å²) in [7, 11) is 0. The number of nitrogens with one attached hydrogen (secondary N) is 2. The van der Waals surface area contributed by atoms with Crippen molar-refractivity contribution in [3.63, 3.8) is 0 Å². The normalized spacial score (nSPS) is 22.9. The third kappa shape index (κ3) is 2.25. The van der Waals surface area contributed by atoms with Crippen molar-refractivity contribution in [3.05, 3.63) is 58.9 Å². The number of H-pyrrole nitrogens is 1. The van der Waals surface area contributed by atoms with Gasteiger partial charge in [0.2, 0.25) is 0 Å². The Morgan fingerprint density at radius 2 is 2.14 bits per heavy atom. The molecule has 1 aromatic carbocycles. The third-order valence-electron chi connectivity index (χ3n) is 4.13. The van der Waals surface area contributed by atoms with Gasteiger partial charge in [-0.05, 0) is 24.6 Å². The van der Waals surface area contributed by atoms with Gasteiger partial charge in [-0.25, -0.2) is 8.78 Å². The fourth-order valence-electron chi connectivity index (χ4n) is 2.72. The van der Waals surface area contributed by atoms with Gasteiger partial charge in [0.05, 0.1) is 5.56 Å². The third-order valence-corrected chi connectivity index (χ3v) is 4.13. The molecule has 4 nitrogen and oxygen atoms in total. The van der Waals surface area contributed by atoms with E-state index >= 15 is 0 Å². The van der Waals surface area contributed by atoms with E-state index in [-0.39, 0.29) is 17.3 Å². The smallest absolute Gasteiger partial charge is 0.267 e. The standard InChI is InChI=1S/C16H13F2N3O/c1-16(14-10(17)3-2-4-11(14)18)6-13(16)21-15(22)12-5-9(7-19)8-20-12/h2-5,8,13,20H,6H2,1H3,(H,21,22)/t13-,16+/m0/s1. The van der Waals surface area contributed by atoms with E-state index in [0.29, 0.717) is 12.0 Å². The van der Waals surface area contributed by atoms with E-state index in [9.17, 15) is 13.6 Å². The Morgan fingerprint density at radius 1 is 1.45 bits per heavy atom. The van der Waals surface area contributed by atoms with Gasteiger partial charge < -0.3 is 10.3 Å². The van der Waals surface area contributed by atoms with Crippen LogP contribution in [0.1, 0.15) is 35.0 Å². The second-order valence-corrected chi connectivity index (χ2v) is 5.66. The number of rotatable bonds is 3. The summed E-state index contributed by atoms with van der Waals surface area (Å²) in [6.45, 7) is 1.72. The minimum atomic E-state index is -0.754. The largest absolute Gasteiger partial charge is 0.356 e. The van der Waals surface area contributed by atoms with Crippen LogP contribution in [0.3, 0.4) is 0 Å². The average molecular weight is 301 g/mol. The van der Waals surface area contributed by atoms with Crippen molar-refractivity contribution in [3.8, 4) is 6.07 Å². The Bertz CT molecular complexity index is 773. The van der Waals surface area contributed by atoms with Crippen molar-refractivity contribution in [2.75, 3.05) is 0 Å². The zero-order valence-electron chi connectivity index (χ0n) is 11.8. The van der Waals surface area contributed by atoms with Crippen LogP contribution >= 0.6 is 0 Å². The molecule has 0 spiro atoms. The van der Waals surface area contributed by atoms with Gasteiger partial charge in [-0.3, -0.25) is 4.79 Å². The molecular weight excluding hydrogens is 288 g/mol. The van der Waals surface area contributed by atoms with Crippen LogP contribution in [0.15, 0.2) is 30.5 Å². The highest BCUT2D eigenvalue weighted by Crippen LogP contribution is 2.49. The summed E-state index contributed by atoms with van der Waals surface area (Å²) >= 11 is 0. The van der Waals surface area contributed by atoms with Gasteiger partial charge in [0.1, 0.15) is 23.4 Å². The van der Waals surface area contributed by atoms with Crippen LogP contribution in [0.5, 0.6) is 0 Å². The van der Waals surface area contributed by atoms with Gasteiger partial charge >= 0.3 is 0 Å². The summed E-state index contributed by atoms with van der Waals surface area (Å²) in [6.07, 6.45) is 1.89. The Hall–Kier alpha value is -2.68. The maximum atomic E-state index is 13.9. The molecule has 0 bridgehead atoms. The first-order valence-corrected chi connectivity index (χ1v) is 6.79. The number of amides is 1. The SMILES string of the molecule is C[C@@]1(c2c(F)cccc2F)C[C@@H]1NC(=O)c1cc(C#N)c[nH]1. The number of benzene rings is 1. The summed E-state index contributed by atoms with van der Waals surface area (Å²) in [6, 6.07) is 6.74. The van der Waals surface area contributed by atoms with Crippen molar-refractivity contribution in [1.29, 1.82) is 5.26 Å². The van der Waals surface area contributed by atoms with Crippen LogP contribution in [0.4, 0.5) is 8.78 Å². The minimum Gasteiger partial charge on any atom is -0.356 e. The van der Waals surface area contributed by atoms with Crippen molar-refractivity contribution in [2.24, 2.45) is 0 Å². The van der Waals surface area contributed by atoms with Crippen LogP contribution in [-0.4, -0.2) is 16.9 Å². The molecule has 0 aliphatic heterocycles. The zero-order chi connectivity index (χ0) is 15.9.